The van der Waals surface area contributed by atoms with Crippen molar-refractivity contribution in [2.24, 2.45) is 23.2 Å². The molecule has 0 aromatic heterocycles. The third kappa shape index (κ3) is 2.54. The van der Waals surface area contributed by atoms with Gasteiger partial charge in [0.15, 0.2) is 0 Å². The highest BCUT2D eigenvalue weighted by atomic mass is 16.2. The molecule has 0 saturated heterocycles. The first kappa shape index (κ1) is 13.4. The number of carbonyl (C=O) groups excluding carboxylic acids is 1. The Morgan fingerprint density at radius 2 is 1.63 bits per heavy atom. The third-order valence-corrected chi connectivity index (χ3v) is 5.76. The monoisotopic (exact) mass is 264 g/mol. The molecule has 1 unspecified atom stereocenters. The van der Waals surface area contributed by atoms with Crippen molar-refractivity contribution in [3.05, 3.63) is 0 Å². The molecular weight excluding hydrogens is 236 g/mol. The van der Waals surface area contributed by atoms with Gasteiger partial charge >= 0.3 is 0 Å². The van der Waals surface area contributed by atoms with E-state index in [-0.39, 0.29) is 11.9 Å². The Kier molecular flexibility index (Phi) is 3.36. The fourth-order valence-electron chi connectivity index (χ4n) is 5.35. The summed E-state index contributed by atoms with van der Waals surface area (Å²) in [5.74, 6) is 3.18. The highest BCUT2D eigenvalue weighted by molar-refractivity contribution is 5.80. The number of rotatable bonds is 4. The molecule has 3 nitrogen and oxygen atoms in total. The molecule has 108 valence electrons. The molecule has 4 saturated carbocycles. The topological polar surface area (TPSA) is 32.3 Å². The predicted molar refractivity (Wildman–Crippen MR) is 76.8 cm³/mol. The van der Waals surface area contributed by atoms with Gasteiger partial charge in [0.1, 0.15) is 0 Å². The molecule has 1 atom stereocenters. The van der Waals surface area contributed by atoms with Crippen molar-refractivity contribution in [1.82, 2.24) is 10.2 Å². The van der Waals surface area contributed by atoms with E-state index in [2.05, 4.69) is 5.32 Å². The van der Waals surface area contributed by atoms with E-state index in [1.807, 2.05) is 21.0 Å². The summed E-state index contributed by atoms with van der Waals surface area (Å²) in [4.78, 5) is 13.6. The molecule has 0 heterocycles. The Morgan fingerprint density at radius 3 is 2.05 bits per heavy atom. The van der Waals surface area contributed by atoms with Crippen LogP contribution in [0, 0.1) is 23.2 Å². The van der Waals surface area contributed by atoms with Gasteiger partial charge in [-0.15, -0.1) is 0 Å². The molecule has 0 radical (unpaired) electrons. The maximum absolute atomic E-state index is 11.9. The molecule has 4 rings (SSSR count). The maximum Gasteiger partial charge on any atom is 0.238 e. The standard InChI is InChI=1S/C16H28N2O/c1-11(15(19)18(2)3)17-10-16-7-12-4-13(8-16)6-14(5-12)9-16/h11-14,17H,4-10H2,1-3H3. The number of likely N-dealkylation sites (N-methyl/N-ethyl adjacent to an activating group) is 1. The highest BCUT2D eigenvalue weighted by Crippen LogP contribution is 2.59. The molecule has 4 bridgehead atoms. The predicted octanol–water partition coefficient (Wildman–Crippen LogP) is 2.27. The average Bonchev–Trinajstić information content (AvgIpc) is 2.33. The fraction of sp³-hybridized carbons (Fsp3) is 0.938. The molecule has 0 aromatic rings. The van der Waals surface area contributed by atoms with E-state index < -0.39 is 0 Å². The van der Waals surface area contributed by atoms with Crippen molar-refractivity contribution in [2.45, 2.75) is 51.5 Å². The van der Waals surface area contributed by atoms with Gasteiger partial charge in [0.2, 0.25) is 5.91 Å². The van der Waals surface area contributed by atoms with Crippen LogP contribution in [0.5, 0.6) is 0 Å². The lowest BCUT2D eigenvalue weighted by molar-refractivity contribution is -0.130. The van der Waals surface area contributed by atoms with Crippen molar-refractivity contribution >= 4 is 5.91 Å². The van der Waals surface area contributed by atoms with Crippen LogP contribution < -0.4 is 5.32 Å². The van der Waals surface area contributed by atoms with E-state index in [0.717, 1.165) is 24.3 Å². The fourth-order valence-corrected chi connectivity index (χ4v) is 5.35. The van der Waals surface area contributed by atoms with Crippen molar-refractivity contribution in [2.75, 3.05) is 20.6 Å². The van der Waals surface area contributed by atoms with Gasteiger partial charge in [0.05, 0.1) is 6.04 Å². The molecule has 4 aliphatic rings. The molecular formula is C16H28N2O. The van der Waals surface area contributed by atoms with Crippen LogP contribution in [0.4, 0.5) is 0 Å². The van der Waals surface area contributed by atoms with E-state index in [1.54, 1.807) is 4.90 Å². The second-order valence-electron chi connectivity index (χ2n) is 7.75. The molecule has 0 spiro atoms. The second-order valence-corrected chi connectivity index (χ2v) is 7.75. The molecule has 1 N–H and O–H groups in total. The van der Waals surface area contributed by atoms with Crippen LogP contribution in [0.15, 0.2) is 0 Å². The van der Waals surface area contributed by atoms with E-state index in [1.165, 1.54) is 38.5 Å². The van der Waals surface area contributed by atoms with E-state index in [4.69, 9.17) is 0 Å². The maximum atomic E-state index is 11.9. The molecule has 0 aliphatic heterocycles. The highest BCUT2D eigenvalue weighted by Gasteiger charge is 2.50. The Balaban J connectivity index is 1.59. The first-order chi connectivity index (χ1) is 8.97. The van der Waals surface area contributed by atoms with E-state index >= 15 is 0 Å². The summed E-state index contributed by atoms with van der Waals surface area (Å²) in [7, 11) is 3.68. The van der Waals surface area contributed by atoms with Crippen LogP contribution >= 0.6 is 0 Å². The quantitative estimate of drug-likeness (QED) is 0.845. The van der Waals surface area contributed by atoms with E-state index in [9.17, 15) is 4.79 Å². The van der Waals surface area contributed by atoms with E-state index in [0.29, 0.717) is 5.41 Å². The molecule has 3 heteroatoms. The number of hydrogen-bond donors (Lipinski definition) is 1. The molecule has 19 heavy (non-hydrogen) atoms. The zero-order chi connectivity index (χ0) is 13.6. The van der Waals surface area contributed by atoms with Crippen LogP contribution in [0.3, 0.4) is 0 Å². The largest absolute Gasteiger partial charge is 0.347 e. The summed E-state index contributed by atoms with van der Waals surface area (Å²) in [5.41, 5.74) is 0.523. The lowest BCUT2D eigenvalue weighted by Gasteiger charge is -2.57. The minimum absolute atomic E-state index is 0.0389. The zero-order valence-corrected chi connectivity index (χ0v) is 12.6. The minimum atomic E-state index is -0.0389. The molecule has 0 aromatic carbocycles. The Morgan fingerprint density at radius 1 is 1.16 bits per heavy atom. The smallest absolute Gasteiger partial charge is 0.238 e. The SMILES string of the molecule is CC(NCC12CC3CC(CC(C3)C1)C2)C(=O)N(C)C. The van der Waals surface area contributed by atoms with Gasteiger partial charge in [-0.1, -0.05) is 0 Å². The number of nitrogens with one attached hydrogen (secondary N) is 1. The summed E-state index contributed by atoms with van der Waals surface area (Å²) in [6, 6.07) is -0.0389. The van der Waals surface area contributed by atoms with Crippen LogP contribution in [-0.2, 0) is 4.79 Å². The van der Waals surface area contributed by atoms with Gasteiger partial charge in [-0.05, 0) is 68.6 Å². The van der Waals surface area contributed by atoms with Gasteiger partial charge in [0.25, 0.3) is 0 Å². The molecule has 4 aliphatic carbocycles. The van der Waals surface area contributed by atoms with Crippen LogP contribution in [0.25, 0.3) is 0 Å². The van der Waals surface area contributed by atoms with Gasteiger partial charge < -0.3 is 10.2 Å². The lowest BCUT2D eigenvalue weighted by atomic mass is 9.49. The minimum Gasteiger partial charge on any atom is -0.347 e. The summed E-state index contributed by atoms with van der Waals surface area (Å²) < 4.78 is 0. The Hall–Kier alpha value is -0.570. The van der Waals surface area contributed by atoms with Crippen LogP contribution in [0.1, 0.15) is 45.4 Å². The van der Waals surface area contributed by atoms with Gasteiger partial charge in [-0.2, -0.15) is 0 Å². The van der Waals surface area contributed by atoms with Gasteiger partial charge in [0, 0.05) is 20.6 Å². The molecule has 1 amide bonds. The first-order valence-corrected chi connectivity index (χ1v) is 7.92. The van der Waals surface area contributed by atoms with Gasteiger partial charge in [-0.25, -0.2) is 0 Å². The number of nitrogens with zero attached hydrogens (tertiary/aromatic N) is 1. The Labute approximate surface area is 117 Å². The van der Waals surface area contributed by atoms with Crippen LogP contribution in [-0.4, -0.2) is 37.5 Å². The van der Waals surface area contributed by atoms with Crippen LogP contribution in [0.2, 0.25) is 0 Å². The van der Waals surface area contributed by atoms with Crippen molar-refractivity contribution in [1.29, 1.82) is 0 Å². The zero-order valence-electron chi connectivity index (χ0n) is 12.6. The molecule has 4 fully saturated rings. The van der Waals surface area contributed by atoms with Crippen molar-refractivity contribution in [3.63, 3.8) is 0 Å². The van der Waals surface area contributed by atoms with Crippen molar-refractivity contribution < 1.29 is 4.79 Å². The second kappa shape index (κ2) is 4.76. The van der Waals surface area contributed by atoms with Crippen molar-refractivity contribution in [3.8, 4) is 0 Å². The lowest BCUT2D eigenvalue weighted by Crippen LogP contribution is -2.53. The summed E-state index contributed by atoms with van der Waals surface area (Å²) in [6.45, 7) is 3.06. The average molecular weight is 264 g/mol. The normalized spacial score (nSPS) is 41.3. The Bertz CT molecular complexity index is 328. The third-order valence-electron chi connectivity index (χ3n) is 5.76. The number of carbonyl (C=O) groups is 1. The first-order valence-electron chi connectivity index (χ1n) is 7.92. The van der Waals surface area contributed by atoms with Gasteiger partial charge in [-0.3, -0.25) is 4.79 Å². The summed E-state index contributed by atoms with van der Waals surface area (Å²) in [5, 5.41) is 3.53. The number of hydrogen-bond acceptors (Lipinski definition) is 2. The summed E-state index contributed by atoms with van der Waals surface area (Å²) in [6.07, 6.45) is 8.71. The summed E-state index contributed by atoms with van der Waals surface area (Å²) >= 11 is 0. The number of amides is 1.